The molecule has 4 heteroatoms. The predicted octanol–water partition coefficient (Wildman–Crippen LogP) is 4.28. The van der Waals surface area contributed by atoms with E-state index >= 15 is 0 Å². The molecule has 23 heavy (non-hydrogen) atoms. The molecule has 124 valence electrons. The maximum Gasteiger partial charge on any atom is 0.238 e. The van der Waals surface area contributed by atoms with Gasteiger partial charge in [0.2, 0.25) is 5.91 Å². The van der Waals surface area contributed by atoms with Crippen LogP contribution in [0.1, 0.15) is 44.6 Å². The summed E-state index contributed by atoms with van der Waals surface area (Å²) in [4.78, 5) is 11.8. The molecule has 1 aromatic rings. The smallest absolute Gasteiger partial charge is 0.238 e. The van der Waals surface area contributed by atoms with Crippen molar-refractivity contribution in [2.45, 2.75) is 50.7 Å². The fourth-order valence-corrected chi connectivity index (χ4v) is 4.29. The summed E-state index contributed by atoms with van der Waals surface area (Å²) in [5.74, 6) is 0.985. The SMILES string of the molecule is C=C1NC(=O)C(Cc2ccc(OCC3(C)CCCCC3)cc2)S1. The van der Waals surface area contributed by atoms with Crippen LogP contribution in [0.2, 0.25) is 0 Å². The molecule has 2 fully saturated rings. The molecular weight excluding hydrogens is 306 g/mol. The first kappa shape index (κ1) is 16.4. The zero-order valence-corrected chi connectivity index (χ0v) is 14.6. The summed E-state index contributed by atoms with van der Waals surface area (Å²) in [5.41, 5.74) is 1.49. The summed E-state index contributed by atoms with van der Waals surface area (Å²) in [5, 5.41) is 3.45. The largest absolute Gasteiger partial charge is 0.493 e. The minimum Gasteiger partial charge on any atom is -0.493 e. The van der Waals surface area contributed by atoms with Crippen molar-refractivity contribution >= 4 is 17.7 Å². The van der Waals surface area contributed by atoms with Crippen LogP contribution in [0.25, 0.3) is 0 Å². The molecule has 1 aliphatic carbocycles. The van der Waals surface area contributed by atoms with Crippen molar-refractivity contribution in [2.75, 3.05) is 6.61 Å². The van der Waals surface area contributed by atoms with Crippen LogP contribution in [0.5, 0.6) is 5.75 Å². The summed E-state index contributed by atoms with van der Waals surface area (Å²) < 4.78 is 6.01. The van der Waals surface area contributed by atoms with Gasteiger partial charge in [-0.15, -0.1) is 0 Å². The molecule has 1 aromatic carbocycles. The standard InChI is InChI=1S/C19H25NO2S/c1-14-20-18(21)17(23-14)12-15-6-8-16(9-7-15)22-13-19(2)10-4-3-5-11-19/h6-9,17H,1,3-5,10-13H2,2H3,(H,20,21). The predicted molar refractivity (Wildman–Crippen MR) is 95.5 cm³/mol. The van der Waals surface area contributed by atoms with Gasteiger partial charge in [0.05, 0.1) is 16.9 Å². The number of rotatable bonds is 5. The Morgan fingerprint density at radius 2 is 1.96 bits per heavy atom. The zero-order chi connectivity index (χ0) is 16.3. The van der Waals surface area contributed by atoms with Crippen LogP contribution in [0.4, 0.5) is 0 Å². The van der Waals surface area contributed by atoms with Crippen molar-refractivity contribution < 1.29 is 9.53 Å². The Labute approximate surface area is 142 Å². The summed E-state index contributed by atoms with van der Waals surface area (Å²) in [6.07, 6.45) is 7.28. The van der Waals surface area contributed by atoms with Crippen molar-refractivity contribution in [1.82, 2.24) is 5.32 Å². The van der Waals surface area contributed by atoms with Crippen LogP contribution in [0, 0.1) is 5.41 Å². The Morgan fingerprint density at radius 3 is 2.57 bits per heavy atom. The van der Waals surface area contributed by atoms with E-state index in [0.717, 1.165) is 29.4 Å². The highest BCUT2D eigenvalue weighted by Crippen LogP contribution is 2.36. The van der Waals surface area contributed by atoms with Crippen LogP contribution in [0.3, 0.4) is 0 Å². The number of hydrogen-bond acceptors (Lipinski definition) is 3. The first-order chi connectivity index (χ1) is 11.0. The van der Waals surface area contributed by atoms with Gasteiger partial charge >= 0.3 is 0 Å². The quantitative estimate of drug-likeness (QED) is 0.875. The molecule has 1 atom stereocenters. The minimum absolute atomic E-state index is 0.0598. The zero-order valence-electron chi connectivity index (χ0n) is 13.8. The molecule has 0 radical (unpaired) electrons. The first-order valence-electron chi connectivity index (χ1n) is 8.42. The summed E-state index contributed by atoms with van der Waals surface area (Å²) in [7, 11) is 0. The van der Waals surface area contributed by atoms with Crippen molar-refractivity contribution in [1.29, 1.82) is 0 Å². The van der Waals surface area contributed by atoms with E-state index in [9.17, 15) is 4.79 Å². The first-order valence-corrected chi connectivity index (χ1v) is 9.30. The third-order valence-corrected chi connectivity index (χ3v) is 5.88. The van der Waals surface area contributed by atoms with Gasteiger partial charge in [0.15, 0.2) is 0 Å². The molecule has 1 heterocycles. The number of carbonyl (C=O) groups is 1. The Kier molecular flexibility index (Phi) is 5.00. The summed E-state index contributed by atoms with van der Waals surface area (Å²) >= 11 is 1.51. The van der Waals surface area contributed by atoms with Crippen LogP contribution < -0.4 is 10.1 Å². The molecule has 1 saturated carbocycles. The molecule has 2 aliphatic rings. The third kappa shape index (κ3) is 4.31. The van der Waals surface area contributed by atoms with Crippen molar-refractivity contribution in [3.8, 4) is 5.75 Å². The fourth-order valence-electron chi connectivity index (χ4n) is 3.35. The number of benzene rings is 1. The Morgan fingerprint density at radius 1 is 1.26 bits per heavy atom. The van der Waals surface area contributed by atoms with E-state index in [1.165, 1.54) is 43.9 Å². The molecule has 3 rings (SSSR count). The monoisotopic (exact) mass is 331 g/mol. The van der Waals surface area contributed by atoms with Gasteiger partial charge in [0.1, 0.15) is 5.75 Å². The van der Waals surface area contributed by atoms with Crippen LogP contribution in [0.15, 0.2) is 35.9 Å². The number of hydrogen-bond donors (Lipinski definition) is 1. The van der Waals surface area contributed by atoms with Crippen molar-refractivity contribution in [2.24, 2.45) is 5.41 Å². The Hall–Kier alpha value is -1.42. The van der Waals surface area contributed by atoms with Gasteiger partial charge in [-0.1, -0.05) is 56.7 Å². The van der Waals surface area contributed by atoms with E-state index in [4.69, 9.17) is 4.74 Å². The number of amides is 1. The maximum atomic E-state index is 11.8. The average Bonchev–Trinajstić information content (AvgIpc) is 2.85. The van der Waals surface area contributed by atoms with E-state index in [1.807, 2.05) is 12.1 Å². The van der Waals surface area contributed by atoms with Gasteiger partial charge in [-0.2, -0.15) is 0 Å². The second kappa shape index (κ2) is 7.00. The number of nitrogens with one attached hydrogen (secondary N) is 1. The molecule has 0 bridgehead atoms. The highest BCUT2D eigenvalue weighted by molar-refractivity contribution is 8.04. The van der Waals surface area contributed by atoms with E-state index in [1.54, 1.807) is 0 Å². The number of ether oxygens (including phenoxy) is 1. The molecule has 1 unspecified atom stereocenters. The van der Waals surface area contributed by atoms with Gasteiger partial charge in [-0.3, -0.25) is 4.79 Å². The molecule has 1 N–H and O–H groups in total. The Balaban J connectivity index is 1.53. The second-order valence-corrected chi connectivity index (χ2v) is 8.32. The Bertz CT molecular complexity index is 576. The van der Waals surface area contributed by atoms with Gasteiger partial charge in [-0.05, 0) is 37.0 Å². The molecule has 1 amide bonds. The lowest BCUT2D eigenvalue weighted by atomic mass is 9.76. The molecular formula is C19H25NO2S. The maximum absolute atomic E-state index is 11.8. The summed E-state index contributed by atoms with van der Waals surface area (Å²) in [6.45, 7) is 6.93. The lowest BCUT2D eigenvalue weighted by Crippen LogP contribution is -2.27. The molecule has 1 aliphatic heterocycles. The molecule has 0 spiro atoms. The number of carbonyl (C=O) groups excluding carboxylic acids is 1. The van der Waals surface area contributed by atoms with Crippen LogP contribution in [-0.2, 0) is 11.2 Å². The lowest BCUT2D eigenvalue weighted by Gasteiger charge is -2.33. The lowest BCUT2D eigenvalue weighted by molar-refractivity contribution is -0.119. The van der Waals surface area contributed by atoms with Crippen LogP contribution in [-0.4, -0.2) is 17.8 Å². The second-order valence-electron chi connectivity index (χ2n) is 7.03. The third-order valence-electron chi connectivity index (χ3n) is 4.83. The van der Waals surface area contributed by atoms with Crippen molar-refractivity contribution in [3.05, 3.63) is 41.4 Å². The minimum atomic E-state index is -0.0598. The van der Waals surface area contributed by atoms with E-state index in [0.29, 0.717) is 5.41 Å². The fraction of sp³-hybridized carbons (Fsp3) is 0.526. The van der Waals surface area contributed by atoms with Gasteiger partial charge in [0.25, 0.3) is 0 Å². The summed E-state index contributed by atoms with van der Waals surface area (Å²) in [6, 6.07) is 8.17. The van der Waals surface area contributed by atoms with Gasteiger partial charge in [-0.25, -0.2) is 0 Å². The topological polar surface area (TPSA) is 38.3 Å². The van der Waals surface area contributed by atoms with E-state index < -0.39 is 0 Å². The van der Waals surface area contributed by atoms with E-state index in [-0.39, 0.29) is 11.2 Å². The van der Waals surface area contributed by atoms with Gasteiger partial charge < -0.3 is 10.1 Å². The van der Waals surface area contributed by atoms with Gasteiger partial charge in [0, 0.05) is 5.41 Å². The molecule has 1 saturated heterocycles. The van der Waals surface area contributed by atoms with Crippen LogP contribution >= 0.6 is 11.8 Å². The normalized spacial score (nSPS) is 23.6. The highest BCUT2D eigenvalue weighted by Gasteiger charge is 2.28. The van der Waals surface area contributed by atoms with Crippen molar-refractivity contribution in [3.63, 3.8) is 0 Å². The number of thioether (sulfide) groups is 1. The molecule has 3 nitrogen and oxygen atoms in total. The average molecular weight is 331 g/mol. The van der Waals surface area contributed by atoms with E-state index in [2.05, 4.69) is 31.0 Å². The molecule has 0 aromatic heterocycles. The highest BCUT2D eigenvalue weighted by atomic mass is 32.2.